The van der Waals surface area contributed by atoms with E-state index in [-0.39, 0.29) is 5.56 Å². The maximum Gasteiger partial charge on any atom is 0.274 e. The number of aromatic nitrogens is 2. The number of nitrogens with one attached hydrogen (secondary N) is 1. The molecule has 1 aliphatic rings. The second kappa shape index (κ2) is 4.04. The number of pyridine rings is 1. The quantitative estimate of drug-likeness (QED) is 0.835. The summed E-state index contributed by atoms with van der Waals surface area (Å²) in [6.07, 6.45) is 5.06. The van der Waals surface area contributed by atoms with E-state index in [1.807, 2.05) is 24.5 Å². The van der Waals surface area contributed by atoms with Crippen molar-refractivity contribution in [2.45, 2.75) is 13.0 Å². The summed E-state index contributed by atoms with van der Waals surface area (Å²) in [6.45, 7) is 3.10. The van der Waals surface area contributed by atoms with Crippen molar-refractivity contribution in [2.75, 3.05) is 13.1 Å². The lowest BCUT2D eigenvalue weighted by molar-refractivity contribution is 0.490. The summed E-state index contributed by atoms with van der Waals surface area (Å²) < 4.78 is 3.75. The topological polar surface area (TPSA) is 39.0 Å². The molecule has 4 heteroatoms. The fraction of sp³-hybridized carbons (Fsp3) is 0.462. The highest BCUT2D eigenvalue weighted by Gasteiger charge is 2.16. The summed E-state index contributed by atoms with van der Waals surface area (Å²) in [5.74, 6) is 0.649. The molecule has 2 aromatic rings. The Morgan fingerprint density at radius 2 is 2.24 bits per heavy atom. The SMILES string of the molecule is Cn1ccc2ccn(CC3CCNC3)c2c1=O. The van der Waals surface area contributed by atoms with Crippen LogP contribution in [0.4, 0.5) is 0 Å². The van der Waals surface area contributed by atoms with Gasteiger partial charge in [-0.1, -0.05) is 0 Å². The van der Waals surface area contributed by atoms with E-state index >= 15 is 0 Å². The van der Waals surface area contributed by atoms with Gasteiger partial charge in [-0.3, -0.25) is 4.79 Å². The van der Waals surface area contributed by atoms with E-state index in [1.54, 1.807) is 11.6 Å². The minimum atomic E-state index is 0.0958. The van der Waals surface area contributed by atoms with Gasteiger partial charge in [0.2, 0.25) is 0 Å². The maximum absolute atomic E-state index is 12.1. The largest absolute Gasteiger partial charge is 0.343 e. The Bertz CT molecular complexity index is 590. The average molecular weight is 231 g/mol. The molecule has 3 heterocycles. The molecule has 4 nitrogen and oxygen atoms in total. The van der Waals surface area contributed by atoms with E-state index < -0.39 is 0 Å². The fourth-order valence-electron chi connectivity index (χ4n) is 2.60. The van der Waals surface area contributed by atoms with Crippen LogP contribution < -0.4 is 10.9 Å². The standard InChI is InChI=1S/C13H17N3O/c1-15-6-3-11-4-7-16(12(11)13(15)17)9-10-2-5-14-8-10/h3-4,6-7,10,14H,2,5,8-9H2,1H3. The summed E-state index contributed by atoms with van der Waals surface area (Å²) >= 11 is 0. The van der Waals surface area contributed by atoms with E-state index in [4.69, 9.17) is 0 Å². The lowest BCUT2D eigenvalue weighted by Gasteiger charge is -2.11. The predicted octanol–water partition coefficient (Wildman–Crippen LogP) is 0.949. The Hall–Kier alpha value is -1.55. The van der Waals surface area contributed by atoms with Crippen LogP contribution >= 0.6 is 0 Å². The molecule has 0 bridgehead atoms. The summed E-state index contributed by atoms with van der Waals surface area (Å²) in [5, 5.41) is 4.40. The highest BCUT2D eigenvalue weighted by atomic mass is 16.1. The average Bonchev–Trinajstić information content (AvgIpc) is 2.94. The van der Waals surface area contributed by atoms with Crippen LogP contribution in [0.1, 0.15) is 6.42 Å². The Labute approximate surface area is 99.9 Å². The van der Waals surface area contributed by atoms with Crippen LogP contribution in [0, 0.1) is 5.92 Å². The molecule has 17 heavy (non-hydrogen) atoms. The van der Waals surface area contributed by atoms with Gasteiger partial charge in [0.1, 0.15) is 5.52 Å². The van der Waals surface area contributed by atoms with Gasteiger partial charge in [0, 0.05) is 31.4 Å². The molecule has 1 saturated heterocycles. The third-order valence-corrected chi connectivity index (χ3v) is 3.61. The third-order valence-electron chi connectivity index (χ3n) is 3.61. The van der Waals surface area contributed by atoms with E-state index in [0.717, 1.165) is 30.5 Å². The van der Waals surface area contributed by atoms with E-state index in [1.165, 1.54) is 6.42 Å². The zero-order valence-corrected chi connectivity index (χ0v) is 10.0. The van der Waals surface area contributed by atoms with Gasteiger partial charge in [-0.25, -0.2) is 0 Å². The normalized spacial score (nSPS) is 20.2. The first kappa shape index (κ1) is 10.6. The number of hydrogen-bond donors (Lipinski definition) is 1. The molecule has 0 aromatic carbocycles. The number of nitrogens with zero attached hydrogens (tertiary/aromatic N) is 2. The van der Waals surface area contributed by atoms with Crippen molar-refractivity contribution in [2.24, 2.45) is 13.0 Å². The molecule has 0 spiro atoms. The zero-order valence-electron chi connectivity index (χ0n) is 10.0. The van der Waals surface area contributed by atoms with Crippen molar-refractivity contribution in [3.63, 3.8) is 0 Å². The highest BCUT2D eigenvalue weighted by molar-refractivity contribution is 5.78. The predicted molar refractivity (Wildman–Crippen MR) is 68.2 cm³/mol. The third kappa shape index (κ3) is 1.78. The molecule has 0 amide bonds. The lowest BCUT2D eigenvalue weighted by atomic mass is 10.1. The van der Waals surface area contributed by atoms with Gasteiger partial charge in [0.05, 0.1) is 0 Å². The van der Waals surface area contributed by atoms with Crippen molar-refractivity contribution < 1.29 is 0 Å². The Kier molecular flexibility index (Phi) is 2.52. The molecular formula is C13H17N3O. The van der Waals surface area contributed by atoms with Crippen molar-refractivity contribution in [1.29, 1.82) is 0 Å². The van der Waals surface area contributed by atoms with E-state index in [0.29, 0.717) is 5.92 Å². The molecule has 1 aliphatic heterocycles. The van der Waals surface area contributed by atoms with Gasteiger partial charge in [0.15, 0.2) is 0 Å². The Morgan fingerprint density at radius 3 is 3.00 bits per heavy atom. The molecule has 0 radical (unpaired) electrons. The number of aryl methyl sites for hydroxylation is 1. The van der Waals surface area contributed by atoms with Crippen LogP contribution in [0.15, 0.2) is 29.3 Å². The van der Waals surface area contributed by atoms with Gasteiger partial charge in [-0.15, -0.1) is 0 Å². The molecule has 90 valence electrons. The maximum atomic E-state index is 12.1. The smallest absolute Gasteiger partial charge is 0.274 e. The second-order valence-corrected chi connectivity index (χ2v) is 4.86. The van der Waals surface area contributed by atoms with Crippen molar-refractivity contribution in [3.05, 3.63) is 34.9 Å². The zero-order chi connectivity index (χ0) is 11.8. The molecule has 3 rings (SSSR count). The van der Waals surface area contributed by atoms with Gasteiger partial charge in [-0.05, 0) is 37.6 Å². The summed E-state index contributed by atoms with van der Waals surface area (Å²) in [4.78, 5) is 12.1. The van der Waals surface area contributed by atoms with Crippen LogP contribution in [0.25, 0.3) is 10.9 Å². The summed E-state index contributed by atoms with van der Waals surface area (Å²) in [5.41, 5.74) is 0.931. The van der Waals surface area contributed by atoms with Crippen molar-refractivity contribution >= 4 is 10.9 Å². The molecule has 1 N–H and O–H groups in total. The van der Waals surface area contributed by atoms with Gasteiger partial charge in [0.25, 0.3) is 5.56 Å². The van der Waals surface area contributed by atoms with E-state index in [2.05, 4.69) is 9.88 Å². The van der Waals surface area contributed by atoms with Crippen molar-refractivity contribution in [3.8, 4) is 0 Å². The first-order valence-electron chi connectivity index (χ1n) is 6.11. The van der Waals surface area contributed by atoms with Crippen LogP contribution in [0.3, 0.4) is 0 Å². The molecular weight excluding hydrogens is 214 g/mol. The minimum absolute atomic E-state index is 0.0958. The van der Waals surface area contributed by atoms with Gasteiger partial charge in [-0.2, -0.15) is 0 Å². The first-order chi connectivity index (χ1) is 8.25. The van der Waals surface area contributed by atoms with Crippen LogP contribution in [-0.2, 0) is 13.6 Å². The number of rotatable bonds is 2. The summed E-state index contributed by atoms with van der Waals surface area (Å²) in [6, 6.07) is 4.03. The molecule has 0 saturated carbocycles. The molecule has 1 fully saturated rings. The second-order valence-electron chi connectivity index (χ2n) is 4.86. The van der Waals surface area contributed by atoms with E-state index in [9.17, 15) is 4.79 Å². The number of hydrogen-bond acceptors (Lipinski definition) is 2. The molecule has 2 aromatic heterocycles. The van der Waals surface area contributed by atoms with Crippen molar-refractivity contribution in [1.82, 2.24) is 14.5 Å². The highest BCUT2D eigenvalue weighted by Crippen LogP contribution is 2.16. The van der Waals surface area contributed by atoms with Crippen LogP contribution in [-0.4, -0.2) is 22.2 Å². The van der Waals surface area contributed by atoms with Gasteiger partial charge < -0.3 is 14.5 Å². The fourth-order valence-corrected chi connectivity index (χ4v) is 2.60. The molecule has 0 aliphatic carbocycles. The monoisotopic (exact) mass is 231 g/mol. The minimum Gasteiger partial charge on any atom is -0.343 e. The Balaban J connectivity index is 2.04. The lowest BCUT2D eigenvalue weighted by Crippen LogP contribution is -2.20. The molecule has 1 unspecified atom stereocenters. The Morgan fingerprint density at radius 1 is 1.41 bits per heavy atom. The van der Waals surface area contributed by atoms with Gasteiger partial charge >= 0.3 is 0 Å². The summed E-state index contributed by atoms with van der Waals surface area (Å²) in [7, 11) is 1.80. The molecule has 1 atom stereocenters. The number of fused-ring (bicyclic) bond motifs is 1. The van der Waals surface area contributed by atoms with Crippen LogP contribution in [0.5, 0.6) is 0 Å². The van der Waals surface area contributed by atoms with Crippen LogP contribution in [0.2, 0.25) is 0 Å². The first-order valence-corrected chi connectivity index (χ1v) is 6.11.